The highest BCUT2D eigenvalue weighted by atomic mass is 28.3. The first-order valence-corrected chi connectivity index (χ1v) is 14.9. The van der Waals surface area contributed by atoms with Gasteiger partial charge in [-0.3, -0.25) is 0 Å². The average molecular weight is 344 g/mol. The van der Waals surface area contributed by atoms with Gasteiger partial charge in [-0.25, -0.2) is 0 Å². The molecule has 0 spiro atoms. The zero-order chi connectivity index (χ0) is 17.8. The van der Waals surface area contributed by atoms with Crippen molar-refractivity contribution < 1.29 is 0 Å². The van der Waals surface area contributed by atoms with Gasteiger partial charge in [0.15, 0.2) is 0 Å². The van der Waals surface area contributed by atoms with Crippen LogP contribution in [-0.2, 0) is 0 Å². The Labute approximate surface area is 145 Å². The second-order valence-corrected chi connectivity index (χ2v) is 20.8. The first-order valence-electron chi connectivity index (χ1n) is 8.90. The van der Waals surface area contributed by atoms with Gasteiger partial charge in [0.2, 0.25) is 0 Å². The Morgan fingerprint density at radius 2 is 1.30 bits per heavy atom. The van der Waals surface area contributed by atoms with E-state index < -0.39 is 16.1 Å². The van der Waals surface area contributed by atoms with Gasteiger partial charge in [-0.2, -0.15) is 6.07 Å². The summed E-state index contributed by atoms with van der Waals surface area (Å²) in [6, 6.07) is 11.8. The molecule has 0 saturated carbocycles. The highest BCUT2D eigenvalue weighted by Gasteiger charge is 2.39. The van der Waals surface area contributed by atoms with Crippen LogP contribution in [0.4, 0.5) is 0 Å². The molecule has 128 valence electrons. The molecule has 0 radical (unpaired) electrons. The van der Waals surface area contributed by atoms with E-state index in [4.69, 9.17) is 0 Å². The van der Waals surface area contributed by atoms with Gasteiger partial charge in [-0.1, -0.05) is 73.1 Å². The van der Waals surface area contributed by atoms with Gasteiger partial charge in [0.05, 0.1) is 8.07 Å². The minimum absolute atomic E-state index is 0.370. The molecule has 0 bridgehead atoms. The fourth-order valence-electron chi connectivity index (χ4n) is 3.09. The Kier molecular flexibility index (Phi) is 4.36. The summed E-state index contributed by atoms with van der Waals surface area (Å²) in [5.41, 5.74) is 0. The van der Waals surface area contributed by atoms with E-state index in [1.54, 1.807) is 10.4 Å². The van der Waals surface area contributed by atoms with E-state index in [9.17, 15) is 0 Å². The summed E-state index contributed by atoms with van der Waals surface area (Å²) in [5, 5.41) is 7.13. The Bertz CT molecular complexity index is 643. The molecule has 2 aromatic rings. The lowest BCUT2D eigenvalue weighted by molar-refractivity contribution is 0.729. The molecule has 0 atom stereocenters. The highest BCUT2D eigenvalue weighted by molar-refractivity contribution is 6.97. The Morgan fingerprint density at radius 3 is 1.78 bits per heavy atom. The van der Waals surface area contributed by atoms with Gasteiger partial charge in [-0.15, -0.1) is 40.0 Å². The van der Waals surface area contributed by atoms with Crippen molar-refractivity contribution in [3.8, 4) is 0 Å². The van der Waals surface area contributed by atoms with Crippen molar-refractivity contribution in [2.45, 2.75) is 77.8 Å². The third-order valence-electron chi connectivity index (χ3n) is 6.89. The van der Waals surface area contributed by atoms with Crippen molar-refractivity contribution in [2.75, 3.05) is 0 Å². The van der Waals surface area contributed by atoms with E-state index >= 15 is 0 Å². The molecule has 0 aliphatic carbocycles. The summed E-state index contributed by atoms with van der Waals surface area (Å²) in [5.74, 6) is 0. The van der Waals surface area contributed by atoms with Gasteiger partial charge >= 0.3 is 0 Å². The van der Waals surface area contributed by atoms with Crippen molar-refractivity contribution in [3.05, 3.63) is 30.3 Å². The smallest absolute Gasteiger partial charge is 0.0691 e. The summed E-state index contributed by atoms with van der Waals surface area (Å²) >= 11 is 0. The predicted molar refractivity (Wildman–Crippen MR) is 113 cm³/mol. The average Bonchev–Trinajstić information content (AvgIpc) is 2.76. The van der Waals surface area contributed by atoms with Gasteiger partial charge in [-0.05, 0) is 10.1 Å². The molecule has 0 N–H and O–H groups in total. The zero-order valence-corrected chi connectivity index (χ0v) is 18.9. The highest BCUT2D eigenvalue weighted by Crippen LogP contribution is 2.40. The maximum absolute atomic E-state index is 2.62. The maximum atomic E-state index is 2.62. The van der Waals surface area contributed by atoms with Crippen molar-refractivity contribution in [1.29, 1.82) is 0 Å². The van der Waals surface area contributed by atoms with Gasteiger partial charge in [0.25, 0.3) is 0 Å². The number of hydrogen-bond donors (Lipinski definition) is 0. The molecule has 2 aromatic carbocycles. The van der Waals surface area contributed by atoms with E-state index in [0.29, 0.717) is 10.1 Å². The lowest BCUT2D eigenvalue weighted by Crippen LogP contribution is -2.52. The van der Waals surface area contributed by atoms with E-state index in [-0.39, 0.29) is 0 Å². The summed E-state index contributed by atoms with van der Waals surface area (Å²) < 4.78 is 0. The molecular formula is C21H35Si2-. The summed E-state index contributed by atoms with van der Waals surface area (Å²) in [6.45, 7) is 24.7. The van der Waals surface area contributed by atoms with Crippen LogP contribution in [0.1, 0.15) is 41.5 Å². The Hall–Kier alpha value is -0.736. The lowest BCUT2D eigenvalue weighted by Gasteiger charge is -2.41. The zero-order valence-electron chi connectivity index (χ0n) is 16.9. The van der Waals surface area contributed by atoms with Crippen molar-refractivity contribution in [3.63, 3.8) is 0 Å². The number of rotatable bonds is 2. The van der Waals surface area contributed by atoms with Crippen molar-refractivity contribution in [1.82, 2.24) is 0 Å². The SMILES string of the molecule is CC(C)(C)[Si](C)(C)c1cc([Si](C)(C)C(C)(C)C)[c-]2ccccc12. The number of fused-ring (bicyclic) bond motifs is 1. The number of hydrogen-bond acceptors (Lipinski definition) is 0. The van der Waals surface area contributed by atoms with Crippen LogP contribution in [0.15, 0.2) is 30.3 Å². The molecule has 2 heteroatoms. The van der Waals surface area contributed by atoms with Crippen molar-refractivity contribution >= 4 is 37.3 Å². The molecule has 0 aromatic heterocycles. The fraction of sp³-hybridized carbons (Fsp3) is 0.571. The molecule has 0 nitrogen and oxygen atoms in total. The van der Waals surface area contributed by atoms with Crippen LogP contribution in [-0.4, -0.2) is 16.1 Å². The standard InChI is InChI=1S/C21H35Si2/c1-20(2,3)22(7,8)18-15-19(23(9,10)21(4,5)6)17-14-12-11-13-16(17)18/h11-15H,1-10H3/q-1. The minimum atomic E-state index is -1.54. The van der Waals surface area contributed by atoms with E-state index in [1.165, 1.54) is 10.8 Å². The van der Waals surface area contributed by atoms with Crippen LogP contribution in [0, 0.1) is 0 Å². The van der Waals surface area contributed by atoms with Crippen LogP contribution in [0.25, 0.3) is 10.8 Å². The quantitative estimate of drug-likeness (QED) is 0.464. The molecule has 0 amide bonds. The molecule has 0 fully saturated rings. The van der Waals surface area contributed by atoms with Gasteiger partial charge in [0, 0.05) is 8.07 Å². The monoisotopic (exact) mass is 343 g/mol. The Balaban J connectivity index is 2.83. The second-order valence-electron chi connectivity index (χ2n) is 10.3. The third-order valence-corrected chi connectivity index (χ3v) is 17.9. The molecule has 23 heavy (non-hydrogen) atoms. The molecule has 2 rings (SSSR count). The molecule has 0 aliphatic rings. The van der Waals surface area contributed by atoms with Gasteiger partial charge < -0.3 is 0 Å². The minimum Gasteiger partial charge on any atom is -0.151 e. The first kappa shape index (κ1) is 18.6. The second kappa shape index (κ2) is 5.39. The van der Waals surface area contributed by atoms with E-state index in [1.807, 2.05) is 0 Å². The lowest BCUT2D eigenvalue weighted by atomic mass is 10.2. The predicted octanol–water partition coefficient (Wildman–Crippen LogP) is 5.99. The van der Waals surface area contributed by atoms with Crippen LogP contribution < -0.4 is 10.4 Å². The maximum Gasteiger partial charge on any atom is 0.0691 e. The van der Waals surface area contributed by atoms with Crippen LogP contribution >= 0.6 is 0 Å². The fourth-order valence-corrected chi connectivity index (χ4v) is 7.65. The molecule has 0 saturated heterocycles. The third kappa shape index (κ3) is 2.89. The van der Waals surface area contributed by atoms with Crippen molar-refractivity contribution in [2.24, 2.45) is 0 Å². The summed E-state index contributed by atoms with van der Waals surface area (Å²) in [6.07, 6.45) is 0. The topological polar surface area (TPSA) is 0 Å². The molecule has 0 heterocycles. The molecule has 0 unspecified atom stereocenters. The van der Waals surface area contributed by atoms with E-state index in [2.05, 4.69) is 98.1 Å². The van der Waals surface area contributed by atoms with Crippen LogP contribution in [0.3, 0.4) is 0 Å². The molecule has 0 aliphatic heterocycles. The summed E-state index contributed by atoms with van der Waals surface area (Å²) in [4.78, 5) is 0. The van der Waals surface area contributed by atoms with Crippen LogP contribution in [0.2, 0.25) is 36.3 Å². The molecular weight excluding hydrogens is 308 g/mol. The Morgan fingerprint density at radius 1 is 0.783 bits per heavy atom. The first-order chi connectivity index (χ1) is 10.2. The number of benzene rings is 1. The van der Waals surface area contributed by atoms with Crippen LogP contribution in [0.5, 0.6) is 0 Å². The summed E-state index contributed by atoms with van der Waals surface area (Å²) in [7, 11) is -3.08. The van der Waals surface area contributed by atoms with E-state index in [0.717, 1.165) is 0 Å². The van der Waals surface area contributed by atoms with Gasteiger partial charge in [0.1, 0.15) is 0 Å². The largest absolute Gasteiger partial charge is 0.151 e. The normalized spacial score (nSPS) is 14.5.